The highest BCUT2D eigenvalue weighted by Crippen LogP contribution is 2.26. The molecule has 1 unspecified atom stereocenters. The van der Waals surface area contributed by atoms with Crippen molar-refractivity contribution in [2.24, 2.45) is 0 Å². The zero-order chi connectivity index (χ0) is 20.4. The summed E-state index contributed by atoms with van der Waals surface area (Å²) >= 11 is 7.32. The van der Waals surface area contributed by atoms with Crippen LogP contribution in [0.15, 0.2) is 58.5 Å². The predicted octanol–water partition coefficient (Wildman–Crippen LogP) is 4.58. The van der Waals surface area contributed by atoms with Gasteiger partial charge in [-0.05, 0) is 56.2 Å². The number of carbonyl (C=O) groups is 1. The van der Waals surface area contributed by atoms with Crippen LogP contribution in [-0.4, -0.2) is 26.8 Å². The molecule has 1 heterocycles. The summed E-state index contributed by atoms with van der Waals surface area (Å²) in [5.74, 6) is -0.0213. The Morgan fingerprint density at radius 3 is 2.59 bits per heavy atom. The molecular formula is C22H22ClN3O2S. The van der Waals surface area contributed by atoms with Gasteiger partial charge in [0.1, 0.15) is 0 Å². The molecule has 1 aromatic heterocycles. The lowest BCUT2D eigenvalue weighted by atomic mass is 10.2. The van der Waals surface area contributed by atoms with E-state index in [1.165, 1.54) is 11.8 Å². The number of rotatable bonds is 5. The predicted molar refractivity (Wildman–Crippen MR) is 118 cm³/mol. The van der Waals surface area contributed by atoms with Crippen molar-refractivity contribution in [2.45, 2.75) is 49.1 Å². The number of carbonyl (C=O) groups excluding carboxylic acids is 1. The molecule has 1 N–H and O–H groups in total. The Kier molecular flexibility index (Phi) is 5.92. The summed E-state index contributed by atoms with van der Waals surface area (Å²) < 4.78 is 1.56. The number of benzene rings is 2. The third-order valence-electron chi connectivity index (χ3n) is 5.18. The van der Waals surface area contributed by atoms with Gasteiger partial charge in [0, 0.05) is 11.1 Å². The van der Waals surface area contributed by atoms with E-state index in [1.807, 2.05) is 25.1 Å². The van der Waals surface area contributed by atoms with Gasteiger partial charge in [-0.1, -0.05) is 48.3 Å². The van der Waals surface area contributed by atoms with E-state index in [4.69, 9.17) is 16.6 Å². The molecule has 0 saturated heterocycles. The van der Waals surface area contributed by atoms with E-state index in [0.717, 1.165) is 25.7 Å². The number of aromatic nitrogens is 2. The lowest BCUT2D eigenvalue weighted by molar-refractivity contribution is -0.120. The third kappa shape index (κ3) is 4.33. The first kappa shape index (κ1) is 20.0. The Bertz CT molecular complexity index is 1090. The molecule has 29 heavy (non-hydrogen) atoms. The van der Waals surface area contributed by atoms with Crippen LogP contribution in [0.4, 0.5) is 0 Å². The summed E-state index contributed by atoms with van der Waals surface area (Å²) in [6.45, 7) is 1.85. The Morgan fingerprint density at radius 1 is 1.17 bits per heavy atom. The van der Waals surface area contributed by atoms with Crippen LogP contribution in [0.25, 0.3) is 16.6 Å². The maximum Gasteiger partial charge on any atom is 0.266 e. The van der Waals surface area contributed by atoms with Gasteiger partial charge in [-0.2, -0.15) is 0 Å². The van der Waals surface area contributed by atoms with E-state index in [9.17, 15) is 9.59 Å². The number of nitrogens with zero attached hydrogens (tertiary/aromatic N) is 2. The SMILES string of the molecule is CC(Sc1nc2ccccc2c(=O)n1-c1ccc(Cl)cc1)C(=O)NC1CCCC1. The molecule has 1 aliphatic carbocycles. The first-order chi connectivity index (χ1) is 14.0. The average Bonchev–Trinajstić information content (AvgIpc) is 3.22. The maximum atomic E-state index is 13.2. The highest BCUT2D eigenvalue weighted by atomic mass is 35.5. The van der Waals surface area contributed by atoms with Crippen molar-refractivity contribution >= 4 is 40.2 Å². The van der Waals surface area contributed by atoms with E-state index in [-0.39, 0.29) is 22.8 Å². The van der Waals surface area contributed by atoms with Crippen LogP contribution in [0.5, 0.6) is 0 Å². The highest BCUT2D eigenvalue weighted by Gasteiger charge is 2.23. The van der Waals surface area contributed by atoms with Crippen LogP contribution in [-0.2, 0) is 4.79 Å². The first-order valence-corrected chi connectivity index (χ1v) is 11.0. The number of fused-ring (bicyclic) bond motifs is 1. The quantitative estimate of drug-likeness (QED) is 0.478. The van der Waals surface area contributed by atoms with Gasteiger partial charge in [-0.25, -0.2) is 4.98 Å². The molecule has 1 aliphatic rings. The average molecular weight is 428 g/mol. The molecule has 3 aromatic rings. The van der Waals surface area contributed by atoms with E-state index in [1.54, 1.807) is 34.9 Å². The number of amides is 1. The van der Waals surface area contributed by atoms with Crippen molar-refractivity contribution in [3.63, 3.8) is 0 Å². The summed E-state index contributed by atoms with van der Waals surface area (Å²) in [4.78, 5) is 30.6. The standard InChI is InChI=1S/C22H22ClN3O2S/c1-14(20(27)24-16-6-2-3-7-16)29-22-25-19-9-5-4-8-18(19)21(28)26(22)17-12-10-15(23)11-13-17/h4-5,8-14,16H,2-3,6-7H2,1H3,(H,24,27). The summed E-state index contributed by atoms with van der Waals surface area (Å²) in [6.07, 6.45) is 4.39. The van der Waals surface area contributed by atoms with E-state index >= 15 is 0 Å². The second-order valence-electron chi connectivity index (χ2n) is 7.28. The minimum atomic E-state index is -0.373. The van der Waals surface area contributed by atoms with Gasteiger partial charge in [0.2, 0.25) is 5.91 Å². The minimum absolute atomic E-state index is 0.0213. The summed E-state index contributed by atoms with van der Waals surface area (Å²) in [5, 5.41) is 4.37. The smallest absolute Gasteiger partial charge is 0.266 e. The number of para-hydroxylation sites is 1. The number of hydrogen-bond donors (Lipinski definition) is 1. The van der Waals surface area contributed by atoms with Crippen LogP contribution in [0.1, 0.15) is 32.6 Å². The van der Waals surface area contributed by atoms with Gasteiger partial charge in [0.15, 0.2) is 5.16 Å². The molecule has 1 saturated carbocycles. The lowest BCUT2D eigenvalue weighted by Crippen LogP contribution is -2.38. The molecule has 4 rings (SSSR count). The largest absolute Gasteiger partial charge is 0.352 e. The van der Waals surface area contributed by atoms with Crippen molar-refractivity contribution in [1.82, 2.24) is 14.9 Å². The van der Waals surface area contributed by atoms with Gasteiger partial charge >= 0.3 is 0 Å². The van der Waals surface area contributed by atoms with E-state index in [2.05, 4.69) is 5.32 Å². The fraction of sp³-hybridized carbons (Fsp3) is 0.318. The van der Waals surface area contributed by atoms with Crippen molar-refractivity contribution in [1.29, 1.82) is 0 Å². The molecule has 150 valence electrons. The van der Waals surface area contributed by atoms with Crippen LogP contribution in [0.2, 0.25) is 5.02 Å². The Morgan fingerprint density at radius 2 is 1.86 bits per heavy atom. The fourth-order valence-corrected chi connectivity index (χ4v) is 4.67. The zero-order valence-electron chi connectivity index (χ0n) is 16.1. The van der Waals surface area contributed by atoms with Crippen LogP contribution >= 0.6 is 23.4 Å². The first-order valence-electron chi connectivity index (χ1n) is 9.78. The lowest BCUT2D eigenvalue weighted by Gasteiger charge is -2.18. The van der Waals surface area contributed by atoms with Gasteiger partial charge in [-0.15, -0.1) is 0 Å². The fourth-order valence-electron chi connectivity index (χ4n) is 3.61. The van der Waals surface area contributed by atoms with E-state index in [0.29, 0.717) is 26.8 Å². The number of halogens is 1. The number of hydrogen-bond acceptors (Lipinski definition) is 4. The van der Waals surface area contributed by atoms with E-state index < -0.39 is 0 Å². The molecule has 1 fully saturated rings. The Balaban J connectivity index is 1.71. The molecule has 2 aromatic carbocycles. The third-order valence-corrected chi connectivity index (χ3v) is 6.49. The second-order valence-corrected chi connectivity index (χ2v) is 9.02. The zero-order valence-corrected chi connectivity index (χ0v) is 17.7. The van der Waals surface area contributed by atoms with Crippen molar-refractivity contribution in [3.05, 3.63) is 63.9 Å². The van der Waals surface area contributed by atoms with Crippen LogP contribution < -0.4 is 10.9 Å². The summed E-state index contributed by atoms with van der Waals surface area (Å²) in [7, 11) is 0. The molecule has 0 radical (unpaired) electrons. The monoisotopic (exact) mass is 427 g/mol. The van der Waals surface area contributed by atoms with Crippen LogP contribution in [0.3, 0.4) is 0 Å². The van der Waals surface area contributed by atoms with Crippen LogP contribution in [0, 0.1) is 0 Å². The van der Waals surface area contributed by atoms with Gasteiger partial charge in [0.05, 0.1) is 21.8 Å². The molecule has 0 spiro atoms. The second kappa shape index (κ2) is 8.59. The Labute approximate surface area is 178 Å². The molecule has 1 atom stereocenters. The van der Waals surface area contributed by atoms with Crippen molar-refractivity contribution in [3.8, 4) is 5.69 Å². The number of nitrogens with one attached hydrogen (secondary N) is 1. The number of thioether (sulfide) groups is 1. The topological polar surface area (TPSA) is 64.0 Å². The Hall–Kier alpha value is -2.31. The molecule has 7 heteroatoms. The van der Waals surface area contributed by atoms with Gasteiger partial charge < -0.3 is 5.32 Å². The van der Waals surface area contributed by atoms with Gasteiger partial charge in [-0.3, -0.25) is 14.2 Å². The van der Waals surface area contributed by atoms with Crippen molar-refractivity contribution < 1.29 is 4.79 Å². The maximum absolute atomic E-state index is 13.2. The summed E-state index contributed by atoms with van der Waals surface area (Å²) in [6, 6.07) is 14.6. The molecule has 0 bridgehead atoms. The molecule has 0 aliphatic heterocycles. The molecule has 1 amide bonds. The van der Waals surface area contributed by atoms with Crippen molar-refractivity contribution in [2.75, 3.05) is 0 Å². The molecule has 5 nitrogen and oxygen atoms in total. The minimum Gasteiger partial charge on any atom is -0.352 e. The summed E-state index contributed by atoms with van der Waals surface area (Å²) in [5.41, 5.74) is 1.13. The highest BCUT2D eigenvalue weighted by molar-refractivity contribution is 8.00. The normalized spacial score (nSPS) is 15.5. The van der Waals surface area contributed by atoms with Gasteiger partial charge in [0.25, 0.3) is 5.56 Å². The molecular weight excluding hydrogens is 406 g/mol.